The van der Waals surface area contributed by atoms with Crippen molar-refractivity contribution in [1.82, 2.24) is 15.2 Å². The van der Waals surface area contributed by atoms with Crippen molar-refractivity contribution in [3.05, 3.63) is 88.1 Å². The van der Waals surface area contributed by atoms with Gasteiger partial charge in [-0.15, -0.1) is 0 Å². The zero-order chi connectivity index (χ0) is 24.7. The fraction of sp³-hybridized carbons (Fsp3) is 0.360. The monoisotopic (exact) mass is 475 g/mol. The standard InChI is InChI=1S/C25H28F3N3O3/c1-17-7-8-18(2)20(11-17)14-31(13-19-5-4-6-21(12-19)25(26,27)28)15-23-30-22(16-34-23)24(32)29-9-10-33-3/h4-8,11-12,16H,9-10,13-15H2,1-3H3,(H,29,32). The minimum atomic E-state index is -4.42. The Labute approximate surface area is 196 Å². The molecule has 0 bridgehead atoms. The van der Waals surface area contributed by atoms with Gasteiger partial charge in [0.15, 0.2) is 5.69 Å². The van der Waals surface area contributed by atoms with Crippen LogP contribution in [0.15, 0.2) is 53.1 Å². The summed E-state index contributed by atoms with van der Waals surface area (Å²) in [5.41, 5.74) is 3.18. The van der Waals surface area contributed by atoms with E-state index in [0.29, 0.717) is 31.2 Å². The molecular formula is C25H28F3N3O3. The van der Waals surface area contributed by atoms with Crippen LogP contribution in [0.2, 0.25) is 0 Å². The van der Waals surface area contributed by atoms with Gasteiger partial charge < -0.3 is 14.5 Å². The summed E-state index contributed by atoms with van der Waals surface area (Å²) in [6.07, 6.45) is -3.14. The van der Waals surface area contributed by atoms with E-state index < -0.39 is 11.7 Å². The third-order valence-electron chi connectivity index (χ3n) is 5.29. The van der Waals surface area contributed by atoms with E-state index in [0.717, 1.165) is 28.8 Å². The lowest BCUT2D eigenvalue weighted by atomic mass is 10.0. The first-order valence-corrected chi connectivity index (χ1v) is 10.8. The second-order valence-electron chi connectivity index (χ2n) is 8.15. The molecule has 182 valence electrons. The molecular weight excluding hydrogens is 447 g/mol. The lowest BCUT2D eigenvalue weighted by Crippen LogP contribution is -2.27. The molecule has 1 amide bonds. The maximum Gasteiger partial charge on any atom is 0.416 e. The second kappa shape index (κ2) is 11.3. The van der Waals surface area contributed by atoms with Crippen molar-refractivity contribution in [2.24, 2.45) is 0 Å². The summed E-state index contributed by atoms with van der Waals surface area (Å²) < 4.78 is 50.0. The number of ether oxygens (including phenoxy) is 1. The number of halogens is 3. The van der Waals surface area contributed by atoms with Gasteiger partial charge in [0.25, 0.3) is 5.91 Å². The highest BCUT2D eigenvalue weighted by Gasteiger charge is 2.30. The van der Waals surface area contributed by atoms with E-state index in [-0.39, 0.29) is 24.7 Å². The number of hydrogen-bond acceptors (Lipinski definition) is 5. The van der Waals surface area contributed by atoms with Crippen LogP contribution in [0.5, 0.6) is 0 Å². The van der Waals surface area contributed by atoms with Crippen molar-refractivity contribution < 1.29 is 27.1 Å². The van der Waals surface area contributed by atoms with Gasteiger partial charge in [-0.3, -0.25) is 9.69 Å². The van der Waals surface area contributed by atoms with Crippen molar-refractivity contribution in [2.75, 3.05) is 20.3 Å². The molecule has 6 nitrogen and oxygen atoms in total. The number of nitrogens with zero attached hydrogens (tertiary/aromatic N) is 2. The predicted molar refractivity (Wildman–Crippen MR) is 121 cm³/mol. The molecule has 1 aromatic heterocycles. The molecule has 0 radical (unpaired) electrons. The van der Waals surface area contributed by atoms with E-state index in [4.69, 9.17) is 9.15 Å². The summed E-state index contributed by atoms with van der Waals surface area (Å²) in [7, 11) is 1.54. The molecule has 3 aromatic rings. The molecule has 0 saturated heterocycles. The molecule has 0 atom stereocenters. The fourth-order valence-electron chi connectivity index (χ4n) is 3.52. The number of nitrogens with one attached hydrogen (secondary N) is 1. The molecule has 0 fully saturated rings. The number of oxazole rings is 1. The smallest absolute Gasteiger partial charge is 0.416 e. The first-order chi connectivity index (χ1) is 16.2. The third-order valence-corrected chi connectivity index (χ3v) is 5.29. The molecule has 0 aliphatic rings. The number of benzene rings is 2. The highest BCUT2D eigenvalue weighted by Crippen LogP contribution is 2.30. The fourth-order valence-corrected chi connectivity index (χ4v) is 3.52. The summed E-state index contributed by atoms with van der Waals surface area (Å²) in [6, 6.07) is 11.4. The Hall–Kier alpha value is -3.17. The van der Waals surface area contributed by atoms with Gasteiger partial charge in [-0.25, -0.2) is 4.98 Å². The topological polar surface area (TPSA) is 67.6 Å². The summed E-state index contributed by atoms with van der Waals surface area (Å²) in [6.45, 7) is 5.63. The Morgan fingerprint density at radius 2 is 1.91 bits per heavy atom. The van der Waals surface area contributed by atoms with Gasteiger partial charge in [-0.2, -0.15) is 13.2 Å². The number of carbonyl (C=O) groups excluding carboxylic acids is 1. The summed E-state index contributed by atoms with van der Waals surface area (Å²) in [4.78, 5) is 18.4. The van der Waals surface area contributed by atoms with Crippen LogP contribution in [0.1, 0.15) is 44.2 Å². The van der Waals surface area contributed by atoms with Gasteiger partial charge >= 0.3 is 6.18 Å². The second-order valence-corrected chi connectivity index (χ2v) is 8.15. The van der Waals surface area contributed by atoms with Crippen molar-refractivity contribution in [2.45, 2.75) is 39.7 Å². The van der Waals surface area contributed by atoms with Gasteiger partial charge in [0, 0.05) is 26.7 Å². The number of methoxy groups -OCH3 is 1. The van der Waals surface area contributed by atoms with Crippen LogP contribution >= 0.6 is 0 Å². The van der Waals surface area contributed by atoms with E-state index in [1.54, 1.807) is 6.07 Å². The number of hydrogen-bond donors (Lipinski definition) is 1. The van der Waals surface area contributed by atoms with Crippen LogP contribution in [0.4, 0.5) is 13.2 Å². The van der Waals surface area contributed by atoms with Crippen molar-refractivity contribution in [3.63, 3.8) is 0 Å². The highest BCUT2D eigenvalue weighted by atomic mass is 19.4. The molecule has 0 spiro atoms. The largest absolute Gasteiger partial charge is 0.447 e. The molecule has 0 aliphatic carbocycles. The maximum atomic E-state index is 13.2. The Morgan fingerprint density at radius 1 is 1.12 bits per heavy atom. The first kappa shape index (κ1) is 25.5. The Bertz CT molecular complexity index is 1110. The lowest BCUT2D eigenvalue weighted by molar-refractivity contribution is -0.137. The van der Waals surface area contributed by atoms with Crippen LogP contribution < -0.4 is 5.32 Å². The van der Waals surface area contributed by atoms with Gasteiger partial charge in [-0.1, -0.05) is 42.0 Å². The normalized spacial score (nSPS) is 11.7. The molecule has 34 heavy (non-hydrogen) atoms. The molecule has 3 rings (SSSR count). The van der Waals surface area contributed by atoms with E-state index in [9.17, 15) is 18.0 Å². The van der Waals surface area contributed by atoms with Crippen LogP contribution in [0.3, 0.4) is 0 Å². The van der Waals surface area contributed by atoms with Crippen LogP contribution in [0, 0.1) is 13.8 Å². The number of aryl methyl sites for hydroxylation is 2. The summed E-state index contributed by atoms with van der Waals surface area (Å²) >= 11 is 0. The van der Waals surface area contributed by atoms with E-state index in [1.807, 2.05) is 30.9 Å². The Balaban J connectivity index is 1.81. The minimum Gasteiger partial charge on any atom is -0.447 e. The van der Waals surface area contributed by atoms with Crippen molar-refractivity contribution in [1.29, 1.82) is 0 Å². The van der Waals surface area contributed by atoms with E-state index in [1.165, 1.54) is 19.4 Å². The van der Waals surface area contributed by atoms with E-state index in [2.05, 4.69) is 16.4 Å². The zero-order valence-electron chi connectivity index (χ0n) is 19.4. The first-order valence-electron chi connectivity index (χ1n) is 10.8. The minimum absolute atomic E-state index is 0.136. The highest BCUT2D eigenvalue weighted by molar-refractivity contribution is 5.91. The van der Waals surface area contributed by atoms with Crippen LogP contribution in [0.25, 0.3) is 0 Å². The summed E-state index contributed by atoms with van der Waals surface area (Å²) in [5.74, 6) is -0.0832. The van der Waals surface area contributed by atoms with Gasteiger partial charge in [0.2, 0.25) is 5.89 Å². The maximum absolute atomic E-state index is 13.2. The average molecular weight is 476 g/mol. The van der Waals surface area contributed by atoms with Crippen molar-refractivity contribution >= 4 is 5.91 Å². The molecule has 2 aromatic carbocycles. The van der Waals surface area contributed by atoms with Gasteiger partial charge in [0.1, 0.15) is 6.26 Å². The Kier molecular flexibility index (Phi) is 8.46. The number of aromatic nitrogens is 1. The molecule has 0 saturated carbocycles. The summed E-state index contributed by atoms with van der Waals surface area (Å²) in [5, 5.41) is 2.67. The van der Waals surface area contributed by atoms with Crippen LogP contribution in [-0.4, -0.2) is 36.1 Å². The predicted octanol–water partition coefficient (Wildman–Crippen LogP) is 4.89. The Morgan fingerprint density at radius 3 is 2.65 bits per heavy atom. The number of carbonyl (C=O) groups is 1. The third kappa shape index (κ3) is 7.16. The average Bonchev–Trinajstić information content (AvgIpc) is 3.24. The lowest BCUT2D eigenvalue weighted by Gasteiger charge is -2.23. The van der Waals surface area contributed by atoms with E-state index >= 15 is 0 Å². The number of rotatable bonds is 10. The zero-order valence-corrected chi connectivity index (χ0v) is 19.4. The SMILES string of the molecule is COCCNC(=O)c1coc(CN(Cc2cccc(C(F)(F)F)c2)Cc2cc(C)ccc2C)n1. The quantitative estimate of drug-likeness (QED) is 0.423. The molecule has 0 aliphatic heterocycles. The molecule has 0 unspecified atom stereocenters. The number of alkyl halides is 3. The van der Waals surface area contributed by atoms with Gasteiger partial charge in [0.05, 0.1) is 18.7 Å². The van der Waals surface area contributed by atoms with Crippen LogP contribution in [-0.2, 0) is 30.5 Å². The molecule has 9 heteroatoms. The van der Waals surface area contributed by atoms with Crippen molar-refractivity contribution in [3.8, 4) is 0 Å². The molecule has 1 N–H and O–H groups in total. The number of amides is 1. The van der Waals surface area contributed by atoms with Gasteiger partial charge in [-0.05, 0) is 36.6 Å². The molecule has 1 heterocycles.